The molecule has 7 heteroatoms. The third-order valence-corrected chi connectivity index (χ3v) is 5.54. The summed E-state index contributed by atoms with van der Waals surface area (Å²) in [6, 6.07) is 5.61. The second-order valence-electron chi connectivity index (χ2n) is 6.84. The van der Waals surface area contributed by atoms with Crippen LogP contribution in [0.15, 0.2) is 43.1 Å². The summed E-state index contributed by atoms with van der Waals surface area (Å²) in [7, 11) is 1.74. The van der Waals surface area contributed by atoms with Crippen molar-refractivity contribution in [2.24, 2.45) is 0 Å². The molecule has 0 spiro atoms. The van der Waals surface area contributed by atoms with Gasteiger partial charge in [-0.25, -0.2) is 15.0 Å². The first kappa shape index (κ1) is 16.9. The molecule has 2 fully saturated rings. The molecule has 0 bridgehead atoms. The molecule has 1 aliphatic heterocycles. The quantitative estimate of drug-likeness (QED) is 0.837. The highest BCUT2D eigenvalue weighted by Crippen LogP contribution is 2.43. The number of pyridine rings is 1. The Morgan fingerprint density at radius 2 is 2.12 bits per heavy atom. The number of hydrogen-bond donors (Lipinski definition) is 0. The van der Waals surface area contributed by atoms with Gasteiger partial charge in [0.05, 0.1) is 17.2 Å². The van der Waals surface area contributed by atoms with Crippen LogP contribution in [0.3, 0.4) is 0 Å². The predicted octanol–water partition coefficient (Wildman–Crippen LogP) is 2.10. The molecule has 0 unspecified atom stereocenters. The Kier molecular flexibility index (Phi) is 4.55. The van der Waals surface area contributed by atoms with Crippen LogP contribution in [-0.4, -0.2) is 57.2 Å². The van der Waals surface area contributed by atoms with E-state index in [1.807, 2.05) is 23.1 Å². The lowest BCUT2D eigenvalue weighted by Crippen LogP contribution is -2.53. The minimum atomic E-state index is -0.296. The molecule has 3 heterocycles. The van der Waals surface area contributed by atoms with Crippen LogP contribution in [0.5, 0.6) is 5.88 Å². The molecule has 7 nitrogen and oxygen atoms in total. The van der Waals surface area contributed by atoms with Crippen molar-refractivity contribution in [3.63, 3.8) is 0 Å². The Hall–Kier alpha value is -2.54. The van der Waals surface area contributed by atoms with Crippen molar-refractivity contribution >= 4 is 5.91 Å². The number of aromatic nitrogens is 3. The van der Waals surface area contributed by atoms with Gasteiger partial charge in [-0.1, -0.05) is 6.07 Å². The van der Waals surface area contributed by atoms with Crippen molar-refractivity contribution in [2.75, 3.05) is 13.7 Å². The summed E-state index contributed by atoms with van der Waals surface area (Å²) in [6.07, 6.45) is 9.60. The highest BCUT2D eigenvalue weighted by molar-refractivity contribution is 5.94. The van der Waals surface area contributed by atoms with Crippen LogP contribution in [-0.2, 0) is 4.74 Å². The topological polar surface area (TPSA) is 77.4 Å². The Labute approximate surface area is 152 Å². The van der Waals surface area contributed by atoms with Crippen LogP contribution in [0.4, 0.5) is 0 Å². The molecule has 1 aliphatic carbocycles. The van der Waals surface area contributed by atoms with E-state index in [-0.39, 0.29) is 23.7 Å². The van der Waals surface area contributed by atoms with Gasteiger partial charge in [0.2, 0.25) is 5.88 Å². The van der Waals surface area contributed by atoms with Gasteiger partial charge in [-0.3, -0.25) is 4.79 Å². The fourth-order valence-corrected chi connectivity index (χ4v) is 4.18. The van der Waals surface area contributed by atoms with Crippen LogP contribution in [0.1, 0.15) is 36.0 Å². The Morgan fingerprint density at radius 1 is 1.27 bits per heavy atom. The molecular weight excluding hydrogens is 332 g/mol. The largest absolute Gasteiger partial charge is 0.474 e. The number of nitrogens with zero attached hydrogens (tertiary/aromatic N) is 4. The van der Waals surface area contributed by atoms with E-state index >= 15 is 0 Å². The summed E-state index contributed by atoms with van der Waals surface area (Å²) in [6.45, 7) is 0.669. The SMILES string of the molecule is CO[C@@]12CC[C@@H](Oc3ccccn3)C[C@@H]1N(C(=O)c1cncnc1)CC2. The van der Waals surface area contributed by atoms with Crippen molar-refractivity contribution in [3.05, 3.63) is 48.7 Å². The number of carbonyl (C=O) groups excluding carboxylic acids is 1. The summed E-state index contributed by atoms with van der Waals surface area (Å²) in [5.41, 5.74) is 0.210. The number of methoxy groups -OCH3 is 1. The molecule has 2 aromatic rings. The smallest absolute Gasteiger partial charge is 0.257 e. The zero-order valence-electron chi connectivity index (χ0n) is 14.7. The molecule has 2 aliphatic rings. The van der Waals surface area contributed by atoms with Crippen LogP contribution >= 0.6 is 0 Å². The minimum absolute atomic E-state index is 0.0126. The summed E-state index contributed by atoms with van der Waals surface area (Å²) in [5, 5.41) is 0. The van der Waals surface area contributed by atoms with E-state index < -0.39 is 0 Å². The molecule has 0 N–H and O–H groups in total. The monoisotopic (exact) mass is 354 g/mol. The highest BCUT2D eigenvalue weighted by Gasteiger charge is 2.53. The first-order valence-corrected chi connectivity index (χ1v) is 8.91. The Bertz CT molecular complexity index is 758. The number of amides is 1. The lowest BCUT2D eigenvalue weighted by Gasteiger charge is -2.43. The van der Waals surface area contributed by atoms with Crippen molar-refractivity contribution in [3.8, 4) is 5.88 Å². The van der Waals surface area contributed by atoms with Crippen molar-refractivity contribution < 1.29 is 14.3 Å². The molecule has 1 saturated carbocycles. The van der Waals surface area contributed by atoms with E-state index in [0.29, 0.717) is 18.0 Å². The van der Waals surface area contributed by atoms with Gasteiger partial charge in [-0.15, -0.1) is 0 Å². The molecular formula is C19H22N4O3. The van der Waals surface area contributed by atoms with Crippen molar-refractivity contribution in [1.82, 2.24) is 19.9 Å². The number of likely N-dealkylation sites (tertiary alicyclic amines) is 1. The van der Waals surface area contributed by atoms with E-state index in [1.165, 1.54) is 6.33 Å². The number of hydrogen-bond acceptors (Lipinski definition) is 6. The Morgan fingerprint density at radius 3 is 2.85 bits per heavy atom. The maximum Gasteiger partial charge on any atom is 0.257 e. The molecule has 0 radical (unpaired) electrons. The van der Waals surface area contributed by atoms with Crippen LogP contribution in [0.2, 0.25) is 0 Å². The summed E-state index contributed by atoms with van der Waals surface area (Å²) in [5.74, 6) is 0.572. The fourth-order valence-electron chi connectivity index (χ4n) is 4.18. The lowest BCUT2D eigenvalue weighted by atomic mass is 9.79. The lowest BCUT2D eigenvalue weighted by molar-refractivity contribution is -0.0788. The average molecular weight is 354 g/mol. The standard InChI is InChI=1S/C19H22N4O3/c1-25-19-6-5-15(26-17-4-2-3-8-22-17)10-16(19)23(9-7-19)18(24)14-11-20-13-21-12-14/h2-4,8,11-13,15-16H,5-7,9-10H2,1H3/t15-,16+,19-/m1/s1. The first-order chi connectivity index (χ1) is 12.7. The Balaban J connectivity index is 1.54. The number of carbonyl (C=O) groups is 1. The molecule has 3 atom stereocenters. The van der Waals surface area contributed by atoms with Gasteiger partial charge < -0.3 is 14.4 Å². The molecule has 1 saturated heterocycles. The molecule has 4 rings (SSSR count). The van der Waals surface area contributed by atoms with Crippen LogP contribution in [0.25, 0.3) is 0 Å². The van der Waals surface area contributed by atoms with E-state index in [2.05, 4.69) is 15.0 Å². The third-order valence-electron chi connectivity index (χ3n) is 5.54. The first-order valence-electron chi connectivity index (χ1n) is 8.91. The van der Waals surface area contributed by atoms with Crippen molar-refractivity contribution in [1.29, 1.82) is 0 Å². The number of rotatable bonds is 4. The number of ether oxygens (including phenoxy) is 2. The summed E-state index contributed by atoms with van der Waals surface area (Å²) < 4.78 is 12.0. The van der Waals surface area contributed by atoms with Crippen LogP contribution in [0, 0.1) is 0 Å². The van der Waals surface area contributed by atoms with Gasteiger partial charge in [-0.2, -0.15) is 0 Å². The van der Waals surface area contributed by atoms with E-state index in [0.717, 1.165) is 25.7 Å². The van der Waals surface area contributed by atoms with Gasteiger partial charge in [-0.05, 0) is 25.3 Å². The van der Waals surface area contributed by atoms with E-state index in [1.54, 1.807) is 25.7 Å². The number of fused-ring (bicyclic) bond motifs is 1. The van der Waals surface area contributed by atoms with E-state index in [9.17, 15) is 4.79 Å². The second-order valence-corrected chi connectivity index (χ2v) is 6.84. The fraction of sp³-hybridized carbons (Fsp3) is 0.474. The van der Waals surface area contributed by atoms with E-state index in [4.69, 9.17) is 9.47 Å². The maximum absolute atomic E-state index is 13.0. The molecule has 2 aromatic heterocycles. The van der Waals surface area contributed by atoms with Crippen LogP contribution < -0.4 is 4.74 Å². The zero-order valence-corrected chi connectivity index (χ0v) is 14.7. The molecule has 26 heavy (non-hydrogen) atoms. The predicted molar refractivity (Wildman–Crippen MR) is 93.7 cm³/mol. The normalized spacial score (nSPS) is 27.8. The highest BCUT2D eigenvalue weighted by atomic mass is 16.5. The van der Waals surface area contributed by atoms with Gasteiger partial charge >= 0.3 is 0 Å². The van der Waals surface area contributed by atoms with Gasteiger partial charge in [0.15, 0.2) is 0 Å². The summed E-state index contributed by atoms with van der Waals surface area (Å²) >= 11 is 0. The van der Waals surface area contributed by atoms with Gasteiger partial charge in [0, 0.05) is 44.7 Å². The van der Waals surface area contributed by atoms with Gasteiger partial charge in [0.1, 0.15) is 12.4 Å². The molecule has 1 amide bonds. The zero-order chi connectivity index (χ0) is 18.0. The van der Waals surface area contributed by atoms with Gasteiger partial charge in [0.25, 0.3) is 5.91 Å². The summed E-state index contributed by atoms with van der Waals surface area (Å²) in [4.78, 5) is 27.0. The maximum atomic E-state index is 13.0. The average Bonchev–Trinajstić information content (AvgIpc) is 3.08. The third kappa shape index (κ3) is 3.03. The van der Waals surface area contributed by atoms with Crippen molar-refractivity contribution in [2.45, 2.75) is 43.4 Å². The molecule has 0 aromatic carbocycles. The second kappa shape index (κ2) is 6.99. The molecule has 136 valence electrons. The minimum Gasteiger partial charge on any atom is -0.474 e.